The van der Waals surface area contributed by atoms with E-state index in [9.17, 15) is 9.59 Å². The number of fused-ring (bicyclic) bond motifs is 1. The lowest BCUT2D eigenvalue weighted by Crippen LogP contribution is -2.30. The van der Waals surface area contributed by atoms with Gasteiger partial charge in [0.15, 0.2) is 6.61 Å². The van der Waals surface area contributed by atoms with Crippen molar-refractivity contribution < 1.29 is 14.3 Å². The number of carbonyl (C=O) groups is 2. The highest BCUT2D eigenvalue weighted by atomic mass is 32.1. The van der Waals surface area contributed by atoms with Crippen LogP contribution in [0.3, 0.4) is 0 Å². The Hall–Kier alpha value is -2.73. The number of para-hydroxylation sites is 1. The van der Waals surface area contributed by atoms with Crippen LogP contribution >= 0.6 is 11.3 Å². The molecular formula is C21H22N2O3S. The molecule has 0 radical (unpaired) electrons. The van der Waals surface area contributed by atoms with E-state index in [0.29, 0.717) is 23.4 Å². The van der Waals surface area contributed by atoms with Crippen LogP contribution in [0.1, 0.15) is 30.6 Å². The predicted molar refractivity (Wildman–Crippen MR) is 108 cm³/mol. The molecule has 3 rings (SSSR count). The van der Waals surface area contributed by atoms with E-state index in [1.165, 1.54) is 0 Å². The molecule has 5 nitrogen and oxygen atoms in total. The summed E-state index contributed by atoms with van der Waals surface area (Å²) in [5.41, 5.74) is 1.85. The number of benzene rings is 1. The highest BCUT2D eigenvalue weighted by molar-refractivity contribution is 7.13. The van der Waals surface area contributed by atoms with Gasteiger partial charge in [0.2, 0.25) is 0 Å². The molecule has 2 aromatic heterocycles. The number of aromatic nitrogens is 1. The molecule has 27 heavy (non-hydrogen) atoms. The Labute approximate surface area is 162 Å². The molecule has 0 fully saturated rings. The lowest BCUT2D eigenvalue weighted by molar-refractivity contribution is -0.124. The van der Waals surface area contributed by atoms with E-state index in [0.717, 1.165) is 22.5 Å². The third kappa shape index (κ3) is 4.92. The van der Waals surface area contributed by atoms with Crippen LogP contribution in [0.25, 0.3) is 21.5 Å². The lowest BCUT2D eigenvalue weighted by Gasteiger charge is -2.10. The summed E-state index contributed by atoms with van der Waals surface area (Å²) in [6, 6.07) is 13.1. The average Bonchev–Trinajstić information content (AvgIpc) is 3.19. The zero-order valence-corrected chi connectivity index (χ0v) is 16.2. The van der Waals surface area contributed by atoms with Gasteiger partial charge in [-0.2, -0.15) is 0 Å². The number of nitrogens with zero attached hydrogens (tertiary/aromatic N) is 1. The van der Waals surface area contributed by atoms with Gasteiger partial charge in [-0.25, -0.2) is 9.78 Å². The summed E-state index contributed by atoms with van der Waals surface area (Å²) in [6.07, 6.45) is 0.888. The lowest BCUT2D eigenvalue weighted by atomic mass is 10.1. The molecular weight excluding hydrogens is 360 g/mol. The Bertz CT molecular complexity index is 936. The molecule has 1 amide bonds. The van der Waals surface area contributed by atoms with Crippen LogP contribution < -0.4 is 5.32 Å². The largest absolute Gasteiger partial charge is 0.452 e. The van der Waals surface area contributed by atoms with E-state index in [1.54, 1.807) is 17.4 Å². The summed E-state index contributed by atoms with van der Waals surface area (Å²) < 4.78 is 5.25. The zero-order valence-electron chi connectivity index (χ0n) is 15.4. The van der Waals surface area contributed by atoms with Gasteiger partial charge >= 0.3 is 5.97 Å². The number of hydrogen-bond donors (Lipinski definition) is 1. The molecule has 0 bridgehead atoms. The Morgan fingerprint density at radius 3 is 2.74 bits per heavy atom. The molecule has 1 N–H and O–H groups in total. The first-order valence-corrected chi connectivity index (χ1v) is 9.80. The van der Waals surface area contributed by atoms with Crippen LogP contribution in [0.2, 0.25) is 0 Å². The molecule has 0 aliphatic rings. The van der Waals surface area contributed by atoms with E-state index in [4.69, 9.17) is 4.74 Å². The van der Waals surface area contributed by atoms with Gasteiger partial charge < -0.3 is 10.1 Å². The first-order chi connectivity index (χ1) is 13.0. The minimum Gasteiger partial charge on any atom is -0.452 e. The summed E-state index contributed by atoms with van der Waals surface area (Å²) in [4.78, 5) is 30.1. The first-order valence-electron chi connectivity index (χ1n) is 8.92. The topological polar surface area (TPSA) is 68.3 Å². The monoisotopic (exact) mass is 382 g/mol. The Morgan fingerprint density at radius 2 is 2.00 bits per heavy atom. The molecule has 1 aromatic carbocycles. The number of rotatable bonds is 7. The number of esters is 1. The molecule has 0 saturated heterocycles. The number of nitrogens with one attached hydrogen (secondary N) is 1. The summed E-state index contributed by atoms with van der Waals surface area (Å²) in [5, 5.41) is 5.44. The van der Waals surface area contributed by atoms with Crippen molar-refractivity contribution in [1.82, 2.24) is 10.3 Å². The summed E-state index contributed by atoms with van der Waals surface area (Å²) in [6.45, 7) is 4.47. The number of pyridine rings is 1. The minimum atomic E-state index is -0.523. The molecule has 6 heteroatoms. The van der Waals surface area contributed by atoms with Gasteiger partial charge in [0.1, 0.15) is 0 Å². The zero-order chi connectivity index (χ0) is 19.2. The smallest absolute Gasteiger partial charge is 0.339 e. The van der Waals surface area contributed by atoms with E-state index in [1.807, 2.05) is 41.8 Å². The Balaban J connectivity index is 1.76. The molecule has 0 spiro atoms. The van der Waals surface area contributed by atoms with E-state index < -0.39 is 5.97 Å². The minimum absolute atomic E-state index is 0.290. The van der Waals surface area contributed by atoms with E-state index in [2.05, 4.69) is 24.1 Å². The van der Waals surface area contributed by atoms with Crippen LogP contribution in [0.5, 0.6) is 0 Å². The van der Waals surface area contributed by atoms with Crippen LogP contribution in [0.15, 0.2) is 47.8 Å². The fourth-order valence-corrected chi connectivity index (χ4v) is 3.34. The first kappa shape index (κ1) is 19.0. The molecule has 0 aliphatic heterocycles. The Kier molecular flexibility index (Phi) is 6.19. The number of ether oxygens (including phenoxy) is 1. The highest BCUT2D eigenvalue weighted by Crippen LogP contribution is 2.28. The van der Waals surface area contributed by atoms with Crippen molar-refractivity contribution in [2.45, 2.75) is 20.3 Å². The Morgan fingerprint density at radius 1 is 1.19 bits per heavy atom. The maximum Gasteiger partial charge on any atom is 0.339 e. The SMILES string of the molecule is CC(C)CCNC(=O)COC(=O)c1cc(-c2cccs2)nc2ccccc12. The van der Waals surface area contributed by atoms with Crippen molar-refractivity contribution in [3.63, 3.8) is 0 Å². The predicted octanol–water partition coefficient (Wildman–Crippen LogP) is 4.28. The van der Waals surface area contributed by atoms with Crippen molar-refractivity contribution in [3.8, 4) is 10.6 Å². The van der Waals surface area contributed by atoms with Gasteiger partial charge in [-0.1, -0.05) is 38.1 Å². The normalized spacial score (nSPS) is 10.9. The summed E-state index contributed by atoms with van der Waals surface area (Å²) in [7, 11) is 0. The molecule has 0 unspecified atom stereocenters. The van der Waals surface area contributed by atoms with Crippen LogP contribution in [0, 0.1) is 5.92 Å². The van der Waals surface area contributed by atoms with Gasteiger partial charge in [-0.05, 0) is 35.9 Å². The number of carbonyl (C=O) groups excluding carboxylic acids is 2. The molecule has 0 saturated carbocycles. The maximum absolute atomic E-state index is 12.6. The van der Waals surface area contributed by atoms with E-state index in [-0.39, 0.29) is 12.5 Å². The second kappa shape index (κ2) is 8.77. The molecule has 0 aliphatic carbocycles. The van der Waals surface area contributed by atoms with Gasteiger partial charge in [0, 0.05) is 11.9 Å². The van der Waals surface area contributed by atoms with Crippen LogP contribution in [-0.4, -0.2) is 30.0 Å². The van der Waals surface area contributed by atoms with Gasteiger partial charge in [-0.15, -0.1) is 11.3 Å². The second-order valence-corrected chi connectivity index (χ2v) is 7.61. The molecule has 0 atom stereocenters. The van der Waals surface area contributed by atoms with Crippen molar-refractivity contribution in [2.75, 3.05) is 13.2 Å². The van der Waals surface area contributed by atoms with Crippen molar-refractivity contribution in [2.24, 2.45) is 5.92 Å². The van der Waals surface area contributed by atoms with Crippen molar-refractivity contribution in [3.05, 3.63) is 53.4 Å². The van der Waals surface area contributed by atoms with Crippen LogP contribution in [-0.2, 0) is 9.53 Å². The number of amides is 1. The summed E-state index contributed by atoms with van der Waals surface area (Å²) in [5.74, 6) is -0.307. The average molecular weight is 382 g/mol. The van der Waals surface area contributed by atoms with Gasteiger partial charge in [-0.3, -0.25) is 4.79 Å². The van der Waals surface area contributed by atoms with E-state index >= 15 is 0 Å². The van der Waals surface area contributed by atoms with Crippen molar-refractivity contribution >= 4 is 34.1 Å². The molecule has 140 valence electrons. The second-order valence-electron chi connectivity index (χ2n) is 6.66. The summed E-state index contributed by atoms with van der Waals surface area (Å²) >= 11 is 1.56. The fourth-order valence-electron chi connectivity index (χ4n) is 2.65. The van der Waals surface area contributed by atoms with Crippen LogP contribution in [0.4, 0.5) is 0 Å². The third-order valence-corrected chi connectivity index (χ3v) is 4.98. The molecule has 3 aromatic rings. The van der Waals surface area contributed by atoms with Crippen molar-refractivity contribution in [1.29, 1.82) is 0 Å². The standard InChI is InChI=1S/C21H22N2O3S/c1-14(2)9-10-22-20(24)13-26-21(25)16-12-18(19-8-5-11-27-19)23-17-7-4-3-6-15(16)17/h3-8,11-12,14H,9-10,13H2,1-2H3,(H,22,24). The number of thiophene rings is 1. The van der Waals surface area contributed by atoms with Gasteiger partial charge in [0.25, 0.3) is 5.91 Å². The number of hydrogen-bond acceptors (Lipinski definition) is 5. The third-order valence-electron chi connectivity index (χ3n) is 4.09. The van der Waals surface area contributed by atoms with Gasteiger partial charge in [0.05, 0.1) is 21.7 Å². The fraction of sp³-hybridized carbons (Fsp3) is 0.286. The maximum atomic E-state index is 12.6. The highest BCUT2D eigenvalue weighted by Gasteiger charge is 2.16. The molecule has 2 heterocycles. The quantitative estimate of drug-likeness (QED) is 0.619.